The number of allylic oxidation sites excluding steroid dienone is 2. The van der Waals surface area contributed by atoms with Gasteiger partial charge in [0.15, 0.2) is 0 Å². The third-order valence-corrected chi connectivity index (χ3v) is 3.66. The first-order valence-electron chi connectivity index (χ1n) is 9.01. The number of ether oxygens (including phenoxy) is 1. The molecule has 122 valence electrons. The largest absolute Gasteiger partial charge is 0.380 e. The molecule has 0 N–H and O–H groups in total. The highest BCUT2D eigenvalue weighted by atomic mass is 16.5. The second-order valence-electron chi connectivity index (χ2n) is 5.75. The minimum Gasteiger partial charge on any atom is -0.380 e. The number of nitriles is 1. The number of rotatable bonds is 16. The van der Waals surface area contributed by atoms with Gasteiger partial charge in [-0.25, -0.2) is 0 Å². The molecule has 0 aromatic heterocycles. The van der Waals surface area contributed by atoms with Gasteiger partial charge in [0, 0.05) is 6.61 Å². The van der Waals surface area contributed by atoms with Crippen molar-refractivity contribution < 1.29 is 4.74 Å². The summed E-state index contributed by atoms with van der Waals surface area (Å²) < 4.78 is 5.35. The fourth-order valence-electron chi connectivity index (χ4n) is 2.30. The van der Waals surface area contributed by atoms with Crippen LogP contribution in [0.5, 0.6) is 0 Å². The second-order valence-corrected chi connectivity index (χ2v) is 5.75. The Bertz CT molecular complexity index is 255. The van der Waals surface area contributed by atoms with Crippen LogP contribution in [0.1, 0.15) is 90.4 Å². The van der Waals surface area contributed by atoms with Crippen molar-refractivity contribution in [3.05, 3.63) is 12.2 Å². The molecule has 0 radical (unpaired) electrons. The molecular formula is C19H35NO. The fourth-order valence-corrected chi connectivity index (χ4v) is 2.30. The van der Waals surface area contributed by atoms with E-state index >= 15 is 0 Å². The van der Waals surface area contributed by atoms with Gasteiger partial charge in [0.05, 0.1) is 19.1 Å². The monoisotopic (exact) mass is 293 g/mol. The average Bonchev–Trinajstić information content (AvgIpc) is 2.50. The van der Waals surface area contributed by atoms with E-state index in [1.807, 2.05) is 0 Å². The Morgan fingerprint density at radius 3 is 1.95 bits per heavy atom. The lowest BCUT2D eigenvalue weighted by Crippen LogP contribution is -1.95. The molecule has 0 heterocycles. The van der Waals surface area contributed by atoms with Gasteiger partial charge < -0.3 is 4.74 Å². The first-order valence-corrected chi connectivity index (χ1v) is 9.01. The Labute approximate surface area is 132 Å². The summed E-state index contributed by atoms with van der Waals surface area (Å²) in [5.74, 6) is 0. The van der Waals surface area contributed by atoms with E-state index in [0.29, 0.717) is 13.0 Å². The van der Waals surface area contributed by atoms with Crippen molar-refractivity contribution in [2.45, 2.75) is 90.4 Å². The average molecular weight is 293 g/mol. The molecule has 0 unspecified atom stereocenters. The molecule has 0 saturated carbocycles. The van der Waals surface area contributed by atoms with E-state index in [1.165, 1.54) is 70.6 Å². The topological polar surface area (TPSA) is 33.0 Å². The zero-order valence-electron chi connectivity index (χ0n) is 14.1. The quantitative estimate of drug-likeness (QED) is 0.252. The van der Waals surface area contributed by atoms with Crippen LogP contribution in [0.15, 0.2) is 12.2 Å². The van der Waals surface area contributed by atoms with Crippen molar-refractivity contribution in [3.8, 4) is 6.07 Å². The highest BCUT2D eigenvalue weighted by Crippen LogP contribution is 2.10. The molecule has 0 fully saturated rings. The van der Waals surface area contributed by atoms with Crippen LogP contribution in [0, 0.1) is 11.3 Å². The van der Waals surface area contributed by atoms with Crippen LogP contribution in [0.2, 0.25) is 0 Å². The van der Waals surface area contributed by atoms with Crippen molar-refractivity contribution in [1.29, 1.82) is 5.26 Å². The van der Waals surface area contributed by atoms with Crippen LogP contribution in [-0.4, -0.2) is 13.2 Å². The predicted molar refractivity (Wildman–Crippen MR) is 91.3 cm³/mol. The Balaban J connectivity index is 2.99. The van der Waals surface area contributed by atoms with E-state index in [2.05, 4.69) is 25.1 Å². The van der Waals surface area contributed by atoms with Crippen molar-refractivity contribution >= 4 is 0 Å². The molecular weight excluding hydrogens is 258 g/mol. The van der Waals surface area contributed by atoms with Crippen LogP contribution in [0.3, 0.4) is 0 Å². The van der Waals surface area contributed by atoms with E-state index in [0.717, 1.165) is 13.0 Å². The third-order valence-electron chi connectivity index (χ3n) is 3.66. The van der Waals surface area contributed by atoms with Gasteiger partial charge >= 0.3 is 0 Å². The van der Waals surface area contributed by atoms with Gasteiger partial charge in [-0.05, 0) is 25.7 Å². The highest BCUT2D eigenvalue weighted by molar-refractivity contribution is 4.81. The molecule has 0 bridgehead atoms. The molecule has 0 aliphatic rings. The Morgan fingerprint density at radius 2 is 1.33 bits per heavy atom. The van der Waals surface area contributed by atoms with Crippen LogP contribution < -0.4 is 0 Å². The standard InChI is InChI=1S/C19H35NO/c1-2-3-4-5-6-7-8-9-10-11-12-13-14-15-18-21-19-16-17-20/h5-6H,2-4,7-16,18-19H2,1H3/b6-5+. The molecule has 0 aromatic rings. The van der Waals surface area contributed by atoms with E-state index in [-0.39, 0.29) is 0 Å². The fraction of sp³-hybridized carbons (Fsp3) is 0.842. The first-order chi connectivity index (χ1) is 10.4. The molecule has 0 aromatic carbocycles. The van der Waals surface area contributed by atoms with Crippen LogP contribution in [-0.2, 0) is 4.74 Å². The molecule has 0 spiro atoms. The zero-order valence-corrected chi connectivity index (χ0v) is 14.1. The molecule has 0 amide bonds. The summed E-state index contributed by atoms with van der Waals surface area (Å²) in [4.78, 5) is 0. The first kappa shape index (κ1) is 20.2. The Kier molecular flexibility index (Phi) is 18.4. The number of hydrogen-bond donors (Lipinski definition) is 0. The lowest BCUT2D eigenvalue weighted by molar-refractivity contribution is 0.135. The summed E-state index contributed by atoms with van der Waals surface area (Å²) in [5.41, 5.74) is 0. The van der Waals surface area contributed by atoms with Crippen LogP contribution in [0.25, 0.3) is 0 Å². The number of unbranched alkanes of at least 4 members (excludes halogenated alkanes) is 10. The zero-order chi connectivity index (χ0) is 15.4. The Hall–Kier alpha value is -0.810. The van der Waals surface area contributed by atoms with Crippen molar-refractivity contribution in [2.24, 2.45) is 0 Å². The van der Waals surface area contributed by atoms with E-state index in [1.54, 1.807) is 0 Å². The smallest absolute Gasteiger partial charge is 0.0645 e. The summed E-state index contributed by atoms with van der Waals surface area (Å²) >= 11 is 0. The second kappa shape index (κ2) is 19.2. The molecule has 0 rings (SSSR count). The minimum atomic E-state index is 0.522. The molecule has 0 aliphatic carbocycles. The van der Waals surface area contributed by atoms with Crippen LogP contribution >= 0.6 is 0 Å². The molecule has 0 saturated heterocycles. The molecule has 21 heavy (non-hydrogen) atoms. The Morgan fingerprint density at radius 1 is 0.762 bits per heavy atom. The van der Waals surface area contributed by atoms with Crippen LogP contribution in [0.4, 0.5) is 0 Å². The summed E-state index contributed by atoms with van der Waals surface area (Å²) in [6.45, 7) is 3.67. The predicted octanol–water partition coefficient (Wildman–Crippen LogP) is 6.17. The van der Waals surface area contributed by atoms with Gasteiger partial charge in [-0.15, -0.1) is 0 Å². The highest BCUT2D eigenvalue weighted by Gasteiger charge is 1.93. The summed E-state index contributed by atoms with van der Waals surface area (Å²) in [6, 6.07) is 2.09. The number of hydrogen-bond acceptors (Lipinski definition) is 2. The maximum absolute atomic E-state index is 8.36. The maximum Gasteiger partial charge on any atom is 0.0645 e. The van der Waals surface area contributed by atoms with E-state index in [4.69, 9.17) is 10.00 Å². The summed E-state index contributed by atoms with van der Waals surface area (Å²) in [5, 5.41) is 8.36. The number of nitrogens with zero attached hydrogens (tertiary/aromatic N) is 1. The summed E-state index contributed by atoms with van der Waals surface area (Å²) in [7, 11) is 0. The molecule has 2 nitrogen and oxygen atoms in total. The van der Waals surface area contributed by atoms with E-state index < -0.39 is 0 Å². The van der Waals surface area contributed by atoms with Gasteiger partial charge in [0.25, 0.3) is 0 Å². The minimum absolute atomic E-state index is 0.522. The lowest BCUT2D eigenvalue weighted by atomic mass is 10.1. The van der Waals surface area contributed by atoms with Crippen molar-refractivity contribution in [1.82, 2.24) is 0 Å². The van der Waals surface area contributed by atoms with Gasteiger partial charge in [-0.2, -0.15) is 5.26 Å². The molecule has 2 heteroatoms. The van der Waals surface area contributed by atoms with Gasteiger partial charge in [-0.1, -0.05) is 70.4 Å². The molecule has 0 aliphatic heterocycles. The van der Waals surface area contributed by atoms with Gasteiger partial charge in [0.2, 0.25) is 0 Å². The van der Waals surface area contributed by atoms with Crippen molar-refractivity contribution in [3.63, 3.8) is 0 Å². The SMILES string of the molecule is CCCC/C=C/CCCCCCCCCCOCCC#N. The van der Waals surface area contributed by atoms with Gasteiger partial charge in [-0.3, -0.25) is 0 Å². The third kappa shape index (κ3) is 19.2. The summed E-state index contributed by atoms with van der Waals surface area (Å²) in [6.07, 6.45) is 21.0. The normalized spacial score (nSPS) is 11.0. The van der Waals surface area contributed by atoms with E-state index in [9.17, 15) is 0 Å². The lowest BCUT2D eigenvalue weighted by Gasteiger charge is -2.02. The van der Waals surface area contributed by atoms with Crippen molar-refractivity contribution in [2.75, 3.05) is 13.2 Å². The maximum atomic E-state index is 8.36. The van der Waals surface area contributed by atoms with Gasteiger partial charge in [0.1, 0.15) is 0 Å². The molecule has 0 atom stereocenters.